The molecule has 1 saturated heterocycles. The third-order valence-corrected chi connectivity index (χ3v) is 18.0. The number of rotatable bonds is 18. The topological polar surface area (TPSA) is 244 Å². The van der Waals surface area contributed by atoms with Gasteiger partial charge >= 0.3 is 0 Å². The van der Waals surface area contributed by atoms with Crippen LogP contribution in [0.25, 0.3) is 10.8 Å². The number of aryl methyl sites for hydroxylation is 1. The number of likely N-dealkylation sites (N-methyl/N-ethyl adjacent to an activating group) is 2. The van der Waals surface area contributed by atoms with E-state index in [1.165, 1.54) is 22.6 Å². The molecule has 18 nitrogen and oxygen atoms in total. The van der Waals surface area contributed by atoms with Crippen LogP contribution in [0.2, 0.25) is 0 Å². The van der Waals surface area contributed by atoms with Crippen LogP contribution in [-0.4, -0.2) is 123 Å². The second-order valence-electron chi connectivity index (χ2n) is 24.7. The molecule has 9 atom stereocenters. The molecule has 3 aliphatic rings. The van der Waals surface area contributed by atoms with Gasteiger partial charge in [0.1, 0.15) is 30.2 Å². The smallest absolute Gasteiger partial charge is 0.264 e. The van der Waals surface area contributed by atoms with Gasteiger partial charge in [-0.1, -0.05) is 145 Å². The highest BCUT2D eigenvalue weighted by Gasteiger charge is 2.48. The van der Waals surface area contributed by atoms with Gasteiger partial charge in [-0.3, -0.25) is 33.6 Å². The predicted molar refractivity (Wildman–Crippen MR) is 319 cm³/mol. The lowest BCUT2D eigenvalue weighted by Crippen LogP contribution is -2.62. The van der Waals surface area contributed by atoms with Crippen LogP contribution in [0.1, 0.15) is 120 Å². The Balaban J connectivity index is 1.14. The van der Waals surface area contributed by atoms with E-state index < -0.39 is 98.6 Å². The minimum absolute atomic E-state index is 0.00391. The van der Waals surface area contributed by atoms with Crippen LogP contribution >= 0.6 is 0 Å². The average Bonchev–Trinajstić information content (AvgIpc) is 4.14. The first-order chi connectivity index (χ1) is 39.3. The van der Waals surface area contributed by atoms with E-state index in [1.54, 1.807) is 81.4 Å². The van der Waals surface area contributed by atoms with Crippen LogP contribution in [0.4, 0.5) is 0 Å². The first-order valence-electron chi connectivity index (χ1n) is 28.7. The van der Waals surface area contributed by atoms with Gasteiger partial charge in [0, 0.05) is 31.8 Å². The summed E-state index contributed by atoms with van der Waals surface area (Å²) in [5.74, 6) is -4.29. The number of fused-ring (bicyclic) bond motifs is 3. The van der Waals surface area contributed by atoms with Crippen molar-refractivity contribution < 1.29 is 42.0 Å². The molecule has 19 heteroatoms. The highest BCUT2D eigenvalue weighted by atomic mass is 32.2. The van der Waals surface area contributed by atoms with E-state index >= 15 is 14.4 Å². The fraction of sp³-hybridized carbons (Fsp3) is 0.453. The molecule has 442 valence electrons. The van der Waals surface area contributed by atoms with Gasteiger partial charge in [0.05, 0.1) is 23.0 Å². The Kier molecular flexibility index (Phi) is 19.0. The van der Waals surface area contributed by atoms with Crippen molar-refractivity contribution in [2.24, 2.45) is 10.8 Å². The van der Waals surface area contributed by atoms with Crippen LogP contribution < -0.4 is 36.6 Å². The molecule has 1 fully saturated rings. The molecule has 0 spiro atoms. The van der Waals surface area contributed by atoms with E-state index in [2.05, 4.69) is 42.7 Å². The Morgan fingerprint density at radius 3 is 1.86 bits per heavy atom. The molecule has 0 bridgehead atoms. The van der Waals surface area contributed by atoms with Crippen molar-refractivity contribution in [1.29, 1.82) is 0 Å². The molecule has 2 aliphatic heterocycles. The number of benzene rings is 5. The van der Waals surface area contributed by atoms with Gasteiger partial charge in [0.2, 0.25) is 35.4 Å². The summed E-state index contributed by atoms with van der Waals surface area (Å²) in [7, 11) is -1.17. The Morgan fingerprint density at radius 2 is 1.22 bits per heavy atom. The quantitative estimate of drug-likeness (QED) is 0.0579. The number of nitrogens with one attached hydrogen (secondary N) is 7. The molecular formula is C64H81N9O9S. The SMILES string of the molecule is CN[C@@H](C)C(=O)N[C@H](C(=O)N1C[C@@H](c2ccc3c(c2)CN(C(=O)[C@@H](NC(=O)[C@H](C)NC)C(C)(C)C)[C@H](C(=O)N[C@@H]2CCCc4ccccc42)C3)C[C@H]1C(=O)N[C@@H](Cc1ccccc1)C(=O)NS(=O)(=O)c1ccc2ccccc2c1)C(C)(C)C. The summed E-state index contributed by atoms with van der Waals surface area (Å²) in [6.45, 7) is 14.4. The molecule has 5 aromatic carbocycles. The summed E-state index contributed by atoms with van der Waals surface area (Å²) >= 11 is 0. The van der Waals surface area contributed by atoms with E-state index in [-0.39, 0.29) is 55.1 Å². The Bertz CT molecular complexity index is 3360. The van der Waals surface area contributed by atoms with Crippen molar-refractivity contribution in [3.8, 4) is 0 Å². The number of carbonyl (C=O) groups excluding carboxylic acids is 7. The summed E-state index contributed by atoms with van der Waals surface area (Å²) in [5.41, 5.74) is 3.51. The molecule has 83 heavy (non-hydrogen) atoms. The van der Waals surface area contributed by atoms with Crippen molar-refractivity contribution in [3.63, 3.8) is 0 Å². The second-order valence-corrected chi connectivity index (χ2v) is 26.4. The fourth-order valence-electron chi connectivity index (χ4n) is 11.4. The summed E-state index contributed by atoms with van der Waals surface area (Å²) in [6, 6.07) is 27.2. The number of sulfonamides is 1. The molecule has 7 amide bonds. The van der Waals surface area contributed by atoms with Crippen molar-refractivity contribution in [2.45, 2.75) is 160 Å². The molecule has 1 aliphatic carbocycles. The molecule has 2 heterocycles. The Hall–Kier alpha value is -7.48. The van der Waals surface area contributed by atoms with E-state index in [1.807, 2.05) is 90.1 Å². The molecule has 0 saturated carbocycles. The fourth-order valence-corrected chi connectivity index (χ4v) is 12.5. The average molecular weight is 1150 g/mol. The predicted octanol–water partition coefficient (Wildman–Crippen LogP) is 5.48. The summed E-state index contributed by atoms with van der Waals surface area (Å²) in [4.78, 5) is 105. The Labute approximate surface area is 488 Å². The first-order valence-corrected chi connectivity index (χ1v) is 30.2. The molecule has 0 radical (unpaired) electrons. The van der Waals surface area contributed by atoms with Gasteiger partial charge < -0.3 is 41.7 Å². The lowest BCUT2D eigenvalue weighted by atomic mass is 9.83. The van der Waals surface area contributed by atoms with E-state index in [0.29, 0.717) is 10.9 Å². The zero-order valence-corrected chi connectivity index (χ0v) is 50.1. The van der Waals surface area contributed by atoms with Gasteiger partial charge in [-0.15, -0.1) is 0 Å². The number of nitrogens with zero attached hydrogens (tertiary/aromatic N) is 2. The largest absolute Gasteiger partial charge is 0.347 e. The van der Waals surface area contributed by atoms with Gasteiger partial charge in [-0.05, 0) is 121 Å². The monoisotopic (exact) mass is 1150 g/mol. The number of hydrogen-bond acceptors (Lipinski definition) is 11. The zero-order chi connectivity index (χ0) is 60.1. The molecule has 0 unspecified atom stereocenters. The molecular weight excluding hydrogens is 1070 g/mol. The normalized spacial score (nSPS) is 19.9. The lowest BCUT2D eigenvalue weighted by molar-refractivity contribution is -0.147. The van der Waals surface area contributed by atoms with Crippen LogP contribution in [0.15, 0.2) is 120 Å². The van der Waals surface area contributed by atoms with Gasteiger partial charge in [-0.25, -0.2) is 13.1 Å². The third kappa shape index (κ3) is 14.3. The van der Waals surface area contributed by atoms with Crippen LogP contribution in [-0.2, 0) is 69.4 Å². The molecule has 5 aromatic rings. The molecule has 8 rings (SSSR count). The lowest BCUT2D eigenvalue weighted by Gasteiger charge is -2.42. The van der Waals surface area contributed by atoms with Crippen molar-refractivity contribution in [2.75, 3.05) is 20.6 Å². The minimum atomic E-state index is -4.45. The van der Waals surface area contributed by atoms with Crippen LogP contribution in [0.3, 0.4) is 0 Å². The maximum absolute atomic E-state index is 15.3. The van der Waals surface area contributed by atoms with Crippen molar-refractivity contribution >= 4 is 62.1 Å². The minimum Gasteiger partial charge on any atom is -0.347 e. The highest BCUT2D eigenvalue weighted by molar-refractivity contribution is 7.90. The van der Waals surface area contributed by atoms with Gasteiger partial charge in [0.25, 0.3) is 15.9 Å². The second kappa shape index (κ2) is 25.6. The highest BCUT2D eigenvalue weighted by Crippen LogP contribution is 2.38. The van der Waals surface area contributed by atoms with E-state index in [9.17, 15) is 27.6 Å². The number of hydrogen-bond donors (Lipinski definition) is 7. The van der Waals surface area contributed by atoms with E-state index in [0.717, 1.165) is 46.9 Å². The van der Waals surface area contributed by atoms with Crippen LogP contribution in [0, 0.1) is 10.8 Å². The Morgan fingerprint density at radius 1 is 0.614 bits per heavy atom. The molecule has 0 aromatic heterocycles. The zero-order valence-electron chi connectivity index (χ0n) is 49.3. The third-order valence-electron chi connectivity index (χ3n) is 16.6. The van der Waals surface area contributed by atoms with Crippen molar-refractivity contribution in [3.05, 3.63) is 149 Å². The van der Waals surface area contributed by atoms with E-state index in [4.69, 9.17) is 0 Å². The number of amides is 7. The first kappa shape index (κ1) is 61.6. The molecule has 7 N–H and O–H groups in total. The maximum Gasteiger partial charge on any atom is 0.264 e. The number of carbonyl (C=O) groups is 7. The summed E-state index contributed by atoms with van der Waals surface area (Å²) in [6.07, 6.45) is 2.65. The van der Waals surface area contributed by atoms with Gasteiger partial charge in [0.15, 0.2) is 0 Å². The van der Waals surface area contributed by atoms with Crippen LogP contribution in [0.5, 0.6) is 0 Å². The van der Waals surface area contributed by atoms with Gasteiger partial charge in [-0.2, -0.15) is 0 Å². The maximum atomic E-state index is 15.3. The standard InChI is InChI=1S/C64H81N9O9S/c1-38(65-9)56(74)69-54(63(3,4)5)61(79)72-36-46-32-44(27-28-45(46)34-52(72)59(77)67-50-26-18-24-42-22-16-17-25-49(42)50)47-35-53(73(37-47)62(80)55(64(6,7)8)70-57(75)39(2)66-10)60(78)68-51(31-40-19-12-11-13-20-40)58(76)71-83(81,82)48-30-29-41-21-14-15-23-43(41)33-48/h11-17,19-23,25,27-30,32-33,38-39,47,50-55,65-66H,18,24,26,31,34-37H2,1-10H3,(H,67,77)(H,68,78)(H,69,74)(H,70,75)(H,71,76)/t38-,39-,47-,50+,51-,52-,53-,54+,55+/m0/s1. The summed E-state index contributed by atoms with van der Waals surface area (Å²) < 4.78 is 30.1. The summed E-state index contributed by atoms with van der Waals surface area (Å²) in [5, 5.41) is 19.4. The van der Waals surface area contributed by atoms with Crippen molar-refractivity contribution in [1.82, 2.24) is 46.4 Å². The number of likely N-dealkylation sites (tertiary alicyclic amines) is 1.